The number of rotatable bonds is 8. The molecule has 0 spiro atoms. The molecule has 0 aliphatic heterocycles. The Balaban J connectivity index is 2.87. The molecular formula is C16H26FNO. The summed E-state index contributed by atoms with van der Waals surface area (Å²) in [5.41, 5.74) is 1.29. The first-order valence-corrected chi connectivity index (χ1v) is 7.32. The van der Waals surface area contributed by atoms with Gasteiger partial charge in [0.15, 0.2) is 0 Å². The maximum atomic E-state index is 14.2. The Morgan fingerprint density at radius 3 is 2.16 bits per heavy atom. The zero-order valence-corrected chi connectivity index (χ0v) is 12.3. The number of aliphatic hydroxyl groups excluding tert-OH is 1. The molecule has 0 bridgehead atoms. The smallest absolute Gasteiger partial charge is 0.146 e. The number of aliphatic hydroxyl groups is 1. The molecule has 0 aliphatic rings. The third-order valence-electron chi connectivity index (χ3n) is 3.36. The van der Waals surface area contributed by atoms with Crippen LogP contribution in [0.5, 0.6) is 0 Å². The predicted octanol–water partition coefficient (Wildman–Crippen LogP) is 4.29. The van der Waals surface area contributed by atoms with Crippen LogP contribution in [0.3, 0.4) is 0 Å². The van der Waals surface area contributed by atoms with Gasteiger partial charge in [-0.05, 0) is 37.5 Å². The lowest BCUT2D eigenvalue weighted by Crippen LogP contribution is -2.26. The molecule has 108 valence electrons. The molecule has 1 aromatic rings. The highest BCUT2D eigenvalue weighted by atomic mass is 19.1. The Kier molecular flexibility index (Phi) is 6.85. The molecule has 1 aromatic carbocycles. The van der Waals surface area contributed by atoms with E-state index in [1.54, 1.807) is 13.0 Å². The standard InChI is InChI=1S/C16H26FNO/c1-4-6-10-18(11-7-5-2)16-9-8-14(13(3)19)12-15(16)17/h8-9,12-13,19H,4-7,10-11H2,1-3H3/t13-/m1/s1. The van der Waals surface area contributed by atoms with E-state index in [4.69, 9.17) is 0 Å². The van der Waals surface area contributed by atoms with E-state index in [1.807, 2.05) is 6.07 Å². The molecule has 0 heterocycles. The molecule has 0 unspecified atom stereocenters. The highest BCUT2D eigenvalue weighted by Crippen LogP contribution is 2.24. The van der Waals surface area contributed by atoms with Crippen molar-refractivity contribution in [2.45, 2.75) is 52.6 Å². The van der Waals surface area contributed by atoms with Crippen LogP contribution in [0.25, 0.3) is 0 Å². The lowest BCUT2D eigenvalue weighted by atomic mass is 10.1. The maximum absolute atomic E-state index is 14.2. The number of hydrogen-bond acceptors (Lipinski definition) is 2. The summed E-state index contributed by atoms with van der Waals surface area (Å²) in [4.78, 5) is 2.12. The van der Waals surface area contributed by atoms with Crippen LogP contribution in [-0.2, 0) is 0 Å². The van der Waals surface area contributed by atoms with Gasteiger partial charge in [-0.15, -0.1) is 0 Å². The summed E-state index contributed by atoms with van der Waals surface area (Å²) in [6, 6.07) is 5.06. The monoisotopic (exact) mass is 267 g/mol. The highest BCUT2D eigenvalue weighted by molar-refractivity contribution is 5.49. The Labute approximate surface area is 116 Å². The Morgan fingerprint density at radius 1 is 1.16 bits per heavy atom. The fraction of sp³-hybridized carbons (Fsp3) is 0.625. The van der Waals surface area contributed by atoms with Gasteiger partial charge in [-0.2, -0.15) is 0 Å². The van der Waals surface area contributed by atoms with Gasteiger partial charge in [-0.25, -0.2) is 4.39 Å². The van der Waals surface area contributed by atoms with Crippen molar-refractivity contribution in [1.82, 2.24) is 0 Å². The topological polar surface area (TPSA) is 23.5 Å². The minimum absolute atomic E-state index is 0.231. The molecule has 0 amide bonds. The van der Waals surface area contributed by atoms with E-state index >= 15 is 0 Å². The van der Waals surface area contributed by atoms with Crippen molar-refractivity contribution in [3.63, 3.8) is 0 Å². The van der Waals surface area contributed by atoms with Crippen LogP contribution in [-0.4, -0.2) is 18.2 Å². The van der Waals surface area contributed by atoms with Gasteiger partial charge in [0, 0.05) is 13.1 Å². The van der Waals surface area contributed by atoms with Crippen LogP contribution < -0.4 is 4.90 Å². The quantitative estimate of drug-likeness (QED) is 0.759. The van der Waals surface area contributed by atoms with Crippen molar-refractivity contribution < 1.29 is 9.50 Å². The molecule has 0 aliphatic carbocycles. The number of nitrogens with zero attached hydrogens (tertiary/aromatic N) is 1. The average Bonchev–Trinajstić information content (AvgIpc) is 2.39. The fourth-order valence-electron chi connectivity index (χ4n) is 2.09. The van der Waals surface area contributed by atoms with Gasteiger partial charge in [0.1, 0.15) is 5.82 Å². The van der Waals surface area contributed by atoms with Gasteiger partial charge in [0.2, 0.25) is 0 Å². The van der Waals surface area contributed by atoms with Crippen LogP contribution in [0.2, 0.25) is 0 Å². The molecule has 19 heavy (non-hydrogen) atoms. The number of anilines is 1. The third-order valence-corrected chi connectivity index (χ3v) is 3.36. The van der Waals surface area contributed by atoms with Crippen LogP contribution in [0.15, 0.2) is 18.2 Å². The second-order valence-electron chi connectivity index (χ2n) is 5.08. The number of benzene rings is 1. The second-order valence-corrected chi connectivity index (χ2v) is 5.08. The molecule has 2 nitrogen and oxygen atoms in total. The molecule has 1 N–H and O–H groups in total. The SMILES string of the molecule is CCCCN(CCCC)c1ccc([C@@H](C)O)cc1F. The first kappa shape index (κ1) is 16.0. The van der Waals surface area contributed by atoms with Crippen molar-refractivity contribution in [3.8, 4) is 0 Å². The molecule has 0 saturated carbocycles. The molecule has 1 atom stereocenters. The first-order chi connectivity index (χ1) is 9.10. The summed E-state index contributed by atoms with van der Waals surface area (Å²) in [5.74, 6) is -0.231. The molecular weight excluding hydrogens is 241 g/mol. The summed E-state index contributed by atoms with van der Waals surface area (Å²) in [7, 11) is 0. The van der Waals surface area contributed by atoms with Crippen molar-refractivity contribution in [2.75, 3.05) is 18.0 Å². The van der Waals surface area contributed by atoms with Gasteiger partial charge in [-0.1, -0.05) is 32.8 Å². The first-order valence-electron chi connectivity index (χ1n) is 7.32. The fourth-order valence-corrected chi connectivity index (χ4v) is 2.09. The molecule has 0 fully saturated rings. The molecule has 0 radical (unpaired) electrons. The molecule has 1 rings (SSSR count). The lowest BCUT2D eigenvalue weighted by Gasteiger charge is -2.25. The normalized spacial score (nSPS) is 12.5. The van der Waals surface area contributed by atoms with E-state index in [1.165, 1.54) is 6.07 Å². The summed E-state index contributed by atoms with van der Waals surface area (Å²) < 4.78 is 14.2. The summed E-state index contributed by atoms with van der Waals surface area (Å²) in [6.45, 7) is 7.72. The van der Waals surface area contributed by atoms with Crippen molar-refractivity contribution in [2.24, 2.45) is 0 Å². The number of hydrogen-bond donors (Lipinski definition) is 1. The average molecular weight is 267 g/mol. The maximum Gasteiger partial charge on any atom is 0.146 e. The largest absolute Gasteiger partial charge is 0.389 e. The summed E-state index contributed by atoms with van der Waals surface area (Å²) >= 11 is 0. The van der Waals surface area contributed by atoms with Crippen molar-refractivity contribution >= 4 is 5.69 Å². The minimum Gasteiger partial charge on any atom is -0.389 e. The van der Waals surface area contributed by atoms with E-state index in [9.17, 15) is 9.50 Å². The van der Waals surface area contributed by atoms with E-state index < -0.39 is 6.10 Å². The van der Waals surface area contributed by atoms with Gasteiger partial charge < -0.3 is 10.0 Å². The van der Waals surface area contributed by atoms with E-state index in [2.05, 4.69) is 18.7 Å². The summed E-state index contributed by atoms with van der Waals surface area (Å²) in [5, 5.41) is 9.48. The van der Waals surface area contributed by atoms with E-state index in [0.29, 0.717) is 11.3 Å². The van der Waals surface area contributed by atoms with Gasteiger partial charge in [-0.3, -0.25) is 0 Å². The van der Waals surface area contributed by atoms with Crippen LogP contribution in [0.1, 0.15) is 58.1 Å². The van der Waals surface area contributed by atoms with Crippen molar-refractivity contribution in [1.29, 1.82) is 0 Å². The number of unbranched alkanes of at least 4 members (excludes halogenated alkanes) is 2. The molecule has 0 saturated heterocycles. The van der Waals surface area contributed by atoms with E-state index in [-0.39, 0.29) is 5.82 Å². The van der Waals surface area contributed by atoms with Crippen LogP contribution in [0.4, 0.5) is 10.1 Å². The minimum atomic E-state index is -0.622. The molecule has 3 heteroatoms. The predicted molar refractivity (Wildman–Crippen MR) is 79.1 cm³/mol. The number of halogens is 1. The second kappa shape index (κ2) is 8.16. The third kappa shape index (κ3) is 4.83. The van der Waals surface area contributed by atoms with Crippen LogP contribution >= 0.6 is 0 Å². The zero-order chi connectivity index (χ0) is 14.3. The zero-order valence-electron chi connectivity index (χ0n) is 12.3. The van der Waals surface area contributed by atoms with Gasteiger partial charge >= 0.3 is 0 Å². The Hall–Kier alpha value is -1.09. The summed E-state index contributed by atoms with van der Waals surface area (Å²) in [6.07, 6.45) is 3.73. The van der Waals surface area contributed by atoms with E-state index in [0.717, 1.165) is 38.8 Å². The molecule has 0 aromatic heterocycles. The highest BCUT2D eigenvalue weighted by Gasteiger charge is 2.12. The van der Waals surface area contributed by atoms with Crippen LogP contribution in [0, 0.1) is 5.82 Å². The Bertz CT molecular complexity index is 371. The van der Waals surface area contributed by atoms with Crippen molar-refractivity contribution in [3.05, 3.63) is 29.6 Å². The lowest BCUT2D eigenvalue weighted by molar-refractivity contribution is 0.199. The van der Waals surface area contributed by atoms with Gasteiger partial charge in [0.05, 0.1) is 11.8 Å². The Morgan fingerprint density at radius 2 is 1.74 bits per heavy atom. The van der Waals surface area contributed by atoms with Gasteiger partial charge in [0.25, 0.3) is 0 Å².